The van der Waals surface area contributed by atoms with Crippen LogP contribution in [-0.2, 0) is 0 Å². The third-order valence-electron chi connectivity index (χ3n) is 4.10. The summed E-state index contributed by atoms with van der Waals surface area (Å²) in [7, 11) is 1.68. The summed E-state index contributed by atoms with van der Waals surface area (Å²) < 4.78 is 1.94. The number of nitrogens with two attached hydrogens (primary N) is 2. The summed E-state index contributed by atoms with van der Waals surface area (Å²) in [5, 5.41) is 3.34. The van der Waals surface area contributed by atoms with E-state index in [9.17, 15) is 0 Å². The molecule has 0 aromatic carbocycles. The van der Waals surface area contributed by atoms with Gasteiger partial charge < -0.3 is 21.2 Å². The molecule has 0 saturated carbocycles. The van der Waals surface area contributed by atoms with E-state index >= 15 is 0 Å². The predicted molar refractivity (Wildman–Crippen MR) is 119 cm³/mol. The molecule has 8 heteroatoms. The molecule has 0 spiro atoms. The number of pyridine rings is 2. The Hall–Kier alpha value is -3.94. The Morgan fingerprint density at radius 2 is 2.14 bits per heavy atom. The maximum atomic E-state index is 6.17. The first-order valence-electron chi connectivity index (χ1n) is 9.07. The lowest BCUT2D eigenvalue weighted by Crippen LogP contribution is -2.13. The van der Waals surface area contributed by atoms with Crippen molar-refractivity contribution >= 4 is 29.2 Å². The Kier molecular flexibility index (Phi) is 6.36. The van der Waals surface area contributed by atoms with E-state index in [0.717, 1.165) is 34.0 Å². The standard InChI is InChI=1S/C21H24N8/c1-15-4-3-5-20(27-15)28-18(10-19(23)26-13-16(11-22)12-24-2)17-6-7-21-25-8-9-29(21)14-17/h3-12,14H,13,22H2,1-2H3,(H2,23,26)(H,27,28)/b16-11?,18-10-,24-12?. The van der Waals surface area contributed by atoms with Gasteiger partial charge in [-0.05, 0) is 31.2 Å². The summed E-state index contributed by atoms with van der Waals surface area (Å²) in [5.74, 6) is 1.07. The van der Waals surface area contributed by atoms with Gasteiger partial charge >= 0.3 is 0 Å². The third-order valence-corrected chi connectivity index (χ3v) is 4.10. The second-order valence-electron chi connectivity index (χ2n) is 6.33. The molecule has 0 fully saturated rings. The number of aliphatic imine (C=N–C) groups is 2. The highest BCUT2D eigenvalue weighted by molar-refractivity contribution is 6.00. The molecular formula is C21H24N8. The first kappa shape index (κ1) is 19.8. The number of hydrogen-bond acceptors (Lipinski definition) is 6. The van der Waals surface area contributed by atoms with Crippen molar-refractivity contribution in [3.05, 3.63) is 78.0 Å². The average molecular weight is 388 g/mol. The van der Waals surface area contributed by atoms with Crippen molar-refractivity contribution in [3.63, 3.8) is 0 Å². The van der Waals surface area contributed by atoms with Crippen LogP contribution in [0, 0.1) is 6.92 Å². The van der Waals surface area contributed by atoms with E-state index in [-0.39, 0.29) is 0 Å². The van der Waals surface area contributed by atoms with Gasteiger partial charge in [-0.1, -0.05) is 6.07 Å². The quantitative estimate of drug-likeness (QED) is 0.424. The Bertz CT molecular complexity index is 1100. The van der Waals surface area contributed by atoms with Gasteiger partial charge in [0, 0.05) is 61.0 Å². The predicted octanol–water partition coefficient (Wildman–Crippen LogP) is 2.39. The largest absolute Gasteiger partial charge is 0.404 e. The summed E-state index contributed by atoms with van der Waals surface area (Å²) in [6.45, 7) is 2.28. The summed E-state index contributed by atoms with van der Waals surface area (Å²) in [5.41, 5.74) is 16.0. The van der Waals surface area contributed by atoms with Crippen LogP contribution in [0.4, 0.5) is 5.82 Å². The molecule has 0 saturated heterocycles. The zero-order chi connectivity index (χ0) is 20.6. The minimum atomic E-state index is 0.340. The van der Waals surface area contributed by atoms with Crippen molar-refractivity contribution in [1.82, 2.24) is 14.4 Å². The van der Waals surface area contributed by atoms with E-state index in [1.807, 2.05) is 54.0 Å². The van der Waals surface area contributed by atoms with Crippen molar-refractivity contribution in [3.8, 4) is 0 Å². The van der Waals surface area contributed by atoms with Gasteiger partial charge in [-0.3, -0.25) is 9.98 Å². The molecule has 0 bridgehead atoms. The van der Waals surface area contributed by atoms with Gasteiger partial charge in [0.2, 0.25) is 0 Å². The van der Waals surface area contributed by atoms with E-state index in [0.29, 0.717) is 12.4 Å². The van der Waals surface area contributed by atoms with Gasteiger partial charge in [0.1, 0.15) is 17.3 Å². The molecule has 29 heavy (non-hydrogen) atoms. The van der Waals surface area contributed by atoms with Crippen LogP contribution in [-0.4, -0.2) is 40.0 Å². The Labute approximate surface area is 169 Å². The SMILES string of the molecule is CN=CC(=CN)CN=C(N)/C=C(\Nc1cccc(C)n1)c1ccc2nccn2c1. The molecule has 0 amide bonds. The molecule has 3 rings (SSSR count). The molecule has 8 nitrogen and oxygen atoms in total. The number of aryl methyl sites for hydroxylation is 1. The lowest BCUT2D eigenvalue weighted by atomic mass is 10.2. The van der Waals surface area contributed by atoms with Gasteiger partial charge in [0.05, 0.1) is 12.2 Å². The van der Waals surface area contributed by atoms with Crippen LogP contribution < -0.4 is 16.8 Å². The van der Waals surface area contributed by atoms with Crippen molar-refractivity contribution in [2.45, 2.75) is 6.92 Å². The lowest BCUT2D eigenvalue weighted by molar-refractivity contribution is 1.17. The summed E-state index contributed by atoms with van der Waals surface area (Å²) >= 11 is 0. The van der Waals surface area contributed by atoms with Crippen LogP contribution in [0.1, 0.15) is 11.3 Å². The van der Waals surface area contributed by atoms with Gasteiger partial charge in [-0.15, -0.1) is 0 Å². The molecule has 5 N–H and O–H groups in total. The molecule has 148 valence electrons. The van der Waals surface area contributed by atoms with Crippen LogP contribution in [0.15, 0.2) is 76.8 Å². The second kappa shape index (κ2) is 9.32. The maximum absolute atomic E-state index is 6.17. The number of hydrogen-bond donors (Lipinski definition) is 3. The molecule has 0 radical (unpaired) electrons. The van der Waals surface area contributed by atoms with E-state index in [1.165, 1.54) is 6.20 Å². The second-order valence-corrected chi connectivity index (χ2v) is 6.33. The fourth-order valence-corrected chi connectivity index (χ4v) is 2.70. The molecule has 0 atom stereocenters. The summed E-state index contributed by atoms with van der Waals surface area (Å²) in [6.07, 6.45) is 10.5. The fourth-order valence-electron chi connectivity index (χ4n) is 2.70. The molecule has 3 aromatic rings. The first-order chi connectivity index (χ1) is 14.1. The van der Waals surface area contributed by atoms with Gasteiger partial charge in [0.15, 0.2) is 0 Å². The highest BCUT2D eigenvalue weighted by atomic mass is 15.0. The number of anilines is 1. The molecule has 3 heterocycles. The van der Waals surface area contributed by atoms with Crippen LogP contribution in [0.3, 0.4) is 0 Å². The monoisotopic (exact) mass is 388 g/mol. The maximum Gasteiger partial charge on any atom is 0.136 e. The normalized spacial score (nSPS) is 13.4. The lowest BCUT2D eigenvalue weighted by Gasteiger charge is -2.12. The van der Waals surface area contributed by atoms with E-state index in [4.69, 9.17) is 11.5 Å². The minimum Gasteiger partial charge on any atom is -0.404 e. The Morgan fingerprint density at radius 3 is 2.90 bits per heavy atom. The number of amidine groups is 1. The van der Waals surface area contributed by atoms with Crippen molar-refractivity contribution in [2.75, 3.05) is 18.9 Å². The molecule has 0 unspecified atom stereocenters. The van der Waals surface area contributed by atoms with Gasteiger partial charge in [0.25, 0.3) is 0 Å². The van der Waals surface area contributed by atoms with Crippen molar-refractivity contribution in [2.24, 2.45) is 21.5 Å². The molecule has 3 aromatic heterocycles. The van der Waals surface area contributed by atoms with Crippen LogP contribution in [0.5, 0.6) is 0 Å². The fraction of sp³-hybridized carbons (Fsp3) is 0.143. The molecule has 0 aliphatic carbocycles. The topological polar surface area (TPSA) is 119 Å². The van der Waals surface area contributed by atoms with E-state index in [1.54, 1.807) is 25.5 Å². The zero-order valence-corrected chi connectivity index (χ0v) is 16.4. The van der Waals surface area contributed by atoms with Crippen molar-refractivity contribution < 1.29 is 0 Å². The number of rotatable bonds is 7. The Morgan fingerprint density at radius 1 is 1.28 bits per heavy atom. The van der Waals surface area contributed by atoms with Crippen LogP contribution in [0.25, 0.3) is 11.3 Å². The average Bonchev–Trinajstić information content (AvgIpc) is 3.18. The number of nitrogens with one attached hydrogen (secondary N) is 1. The van der Waals surface area contributed by atoms with E-state index < -0.39 is 0 Å². The number of nitrogens with zero attached hydrogens (tertiary/aromatic N) is 5. The highest BCUT2D eigenvalue weighted by Gasteiger charge is 2.07. The minimum absolute atomic E-state index is 0.340. The van der Waals surface area contributed by atoms with Gasteiger partial charge in [-0.2, -0.15) is 0 Å². The van der Waals surface area contributed by atoms with Crippen molar-refractivity contribution in [1.29, 1.82) is 0 Å². The first-order valence-corrected chi connectivity index (χ1v) is 9.07. The number of imidazole rings is 1. The Balaban J connectivity index is 1.95. The zero-order valence-electron chi connectivity index (χ0n) is 16.4. The van der Waals surface area contributed by atoms with E-state index in [2.05, 4.69) is 25.3 Å². The number of fused-ring (bicyclic) bond motifs is 1. The van der Waals surface area contributed by atoms with Gasteiger partial charge in [-0.25, -0.2) is 9.97 Å². The molecule has 0 aliphatic heterocycles. The highest BCUT2D eigenvalue weighted by Crippen LogP contribution is 2.18. The summed E-state index contributed by atoms with van der Waals surface area (Å²) in [6, 6.07) is 9.70. The summed E-state index contributed by atoms with van der Waals surface area (Å²) in [4.78, 5) is 17.1. The number of aromatic nitrogens is 3. The third kappa shape index (κ3) is 5.29. The van der Waals surface area contributed by atoms with Crippen LogP contribution in [0.2, 0.25) is 0 Å². The molecule has 0 aliphatic rings. The van der Waals surface area contributed by atoms with Crippen LogP contribution >= 0.6 is 0 Å². The molecular weight excluding hydrogens is 364 g/mol. The smallest absolute Gasteiger partial charge is 0.136 e.